The van der Waals surface area contributed by atoms with E-state index in [0.29, 0.717) is 17.6 Å². The topological polar surface area (TPSA) is 55.2 Å². The Hall–Kier alpha value is -1.10. The lowest BCUT2D eigenvalue weighted by molar-refractivity contribution is -0.384. The quantitative estimate of drug-likeness (QED) is 0.667. The van der Waals surface area contributed by atoms with E-state index in [4.69, 9.17) is 0 Å². The number of nitrogens with one attached hydrogen (secondary N) is 1. The van der Waals surface area contributed by atoms with Crippen LogP contribution >= 0.6 is 15.9 Å². The van der Waals surface area contributed by atoms with E-state index in [-0.39, 0.29) is 10.6 Å². The van der Waals surface area contributed by atoms with Crippen LogP contribution in [0.5, 0.6) is 0 Å². The summed E-state index contributed by atoms with van der Waals surface area (Å²) in [6.45, 7) is 2.24. The van der Waals surface area contributed by atoms with Gasteiger partial charge in [-0.25, -0.2) is 0 Å². The van der Waals surface area contributed by atoms with Gasteiger partial charge in [0, 0.05) is 16.6 Å². The molecule has 0 unspecified atom stereocenters. The van der Waals surface area contributed by atoms with Crippen LogP contribution in [0.2, 0.25) is 0 Å². The lowest BCUT2D eigenvalue weighted by Gasteiger charge is -2.28. The second-order valence-electron chi connectivity index (χ2n) is 5.03. The first kappa shape index (κ1) is 13.3. The van der Waals surface area contributed by atoms with Crippen LogP contribution in [0.3, 0.4) is 0 Å². The SMILES string of the molecule is C[C@@H]1CCC[C@@H](Nc2ccc(Br)cc2[N+](=O)[O-])C1. The smallest absolute Gasteiger partial charge is 0.293 e. The third-order valence-corrected chi connectivity index (χ3v) is 3.95. The van der Waals surface area contributed by atoms with Gasteiger partial charge in [-0.05, 0) is 30.9 Å². The van der Waals surface area contributed by atoms with Crippen molar-refractivity contribution in [3.05, 3.63) is 32.8 Å². The second kappa shape index (κ2) is 5.69. The van der Waals surface area contributed by atoms with Gasteiger partial charge < -0.3 is 5.32 Å². The van der Waals surface area contributed by atoms with E-state index in [1.807, 2.05) is 6.07 Å². The average molecular weight is 313 g/mol. The number of nitrogens with zero attached hydrogens (tertiary/aromatic N) is 1. The fraction of sp³-hybridized carbons (Fsp3) is 0.538. The molecule has 0 radical (unpaired) electrons. The summed E-state index contributed by atoms with van der Waals surface area (Å²) in [5.41, 5.74) is 0.768. The van der Waals surface area contributed by atoms with Crippen LogP contribution in [0.25, 0.3) is 0 Å². The molecule has 0 bridgehead atoms. The van der Waals surface area contributed by atoms with Crippen LogP contribution < -0.4 is 5.32 Å². The van der Waals surface area contributed by atoms with Gasteiger partial charge in [0.1, 0.15) is 5.69 Å². The third-order valence-electron chi connectivity index (χ3n) is 3.45. The molecule has 1 saturated carbocycles. The zero-order valence-corrected chi connectivity index (χ0v) is 11.9. The highest BCUT2D eigenvalue weighted by Crippen LogP contribution is 2.32. The van der Waals surface area contributed by atoms with E-state index >= 15 is 0 Å². The number of hydrogen-bond acceptors (Lipinski definition) is 3. The number of nitro groups is 1. The predicted octanol–water partition coefficient (Wildman–Crippen LogP) is 4.35. The monoisotopic (exact) mass is 312 g/mol. The molecule has 1 aromatic carbocycles. The summed E-state index contributed by atoms with van der Waals surface area (Å²) in [7, 11) is 0. The van der Waals surface area contributed by atoms with Gasteiger partial charge >= 0.3 is 0 Å². The lowest BCUT2D eigenvalue weighted by Crippen LogP contribution is -2.26. The van der Waals surface area contributed by atoms with Gasteiger partial charge in [0.25, 0.3) is 5.69 Å². The van der Waals surface area contributed by atoms with E-state index in [2.05, 4.69) is 28.2 Å². The zero-order valence-electron chi connectivity index (χ0n) is 10.4. The van der Waals surface area contributed by atoms with Gasteiger partial charge in [-0.2, -0.15) is 0 Å². The summed E-state index contributed by atoms with van der Waals surface area (Å²) in [4.78, 5) is 10.7. The van der Waals surface area contributed by atoms with Crippen LogP contribution in [0.4, 0.5) is 11.4 Å². The van der Waals surface area contributed by atoms with Crippen molar-refractivity contribution in [3.63, 3.8) is 0 Å². The van der Waals surface area contributed by atoms with Gasteiger partial charge in [-0.15, -0.1) is 0 Å². The Labute approximate surface area is 115 Å². The molecule has 18 heavy (non-hydrogen) atoms. The number of nitro benzene ring substituents is 1. The molecule has 2 atom stereocenters. The Kier molecular flexibility index (Phi) is 4.22. The van der Waals surface area contributed by atoms with Crippen LogP contribution in [-0.2, 0) is 0 Å². The lowest BCUT2D eigenvalue weighted by atomic mass is 9.87. The molecule has 4 nitrogen and oxygen atoms in total. The first-order valence-corrected chi connectivity index (χ1v) is 7.06. The summed E-state index contributed by atoms with van der Waals surface area (Å²) in [6.07, 6.45) is 4.65. The second-order valence-corrected chi connectivity index (χ2v) is 5.95. The van der Waals surface area contributed by atoms with E-state index in [1.165, 1.54) is 12.8 Å². The predicted molar refractivity (Wildman–Crippen MR) is 75.8 cm³/mol. The van der Waals surface area contributed by atoms with Crippen LogP contribution in [0.1, 0.15) is 32.6 Å². The summed E-state index contributed by atoms with van der Waals surface area (Å²) in [5.74, 6) is 0.700. The normalized spacial score (nSPS) is 23.7. The van der Waals surface area contributed by atoms with Crippen molar-refractivity contribution < 1.29 is 4.92 Å². The Morgan fingerprint density at radius 3 is 2.89 bits per heavy atom. The van der Waals surface area contributed by atoms with Crippen molar-refractivity contribution >= 4 is 27.3 Å². The van der Waals surface area contributed by atoms with E-state index < -0.39 is 0 Å². The molecule has 98 valence electrons. The van der Waals surface area contributed by atoms with Gasteiger partial charge in [0.2, 0.25) is 0 Å². The number of anilines is 1. The molecule has 1 fully saturated rings. The Morgan fingerprint density at radius 2 is 2.22 bits per heavy atom. The molecule has 0 spiro atoms. The minimum Gasteiger partial charge on any atom is -0.377 e. The molecule has 2 rings (SSSR count). The fourth-order valence-electron chi connectivity index (χ4n) is 2.56. The maximum absolute atomic E-state index is 11.0. The van der Waals surface area contributed by atoms with Crippen LogP contribution in [0.15, 0.2) is 22.7 Å². The zero-order chi connectivity index (χ0) is 13.1. The Bertz CT molecular complexity index is 451. The van der Waals surface area contributed by atoms with E-state index in [0.717, 1.165) is 17.3 Å². The minimum atomic E-state index is -0.334. The molecule has 1 aromatic rings. The van der Waals surface area contributed by atoms with Crippen molar-refractivity contribution in [2.45, 2.75) is 38.6 Å². The van der Waals surface area contributed by atoms with Gasteiger partial charge in [-0.1, -0.05) is 35.7 Å². The maximum Gasteiger partial charge on any atom is 0.293 e. The van der Waals surface area contributed by atoms with Crippen molar-refractivity contribution in [1.82, 2.24) is 0 Å². The number of halogens is 1. The number of hydrogen-bond donors (Lipinski definition) is 1. The first-order chi connectivity index (χ1) is 8.56. The van der Waals surface area contributed by atoms with Crippen LogP contribution in [0, 0.1) is 16.0 Å². The van der Waals surface area contributed by atoms with Crippen molar-refractivity contribution in [1.29, 1.82) is 0 Å². The minimum absolute atomic E-state index is 0.141. The molecule has 1 N–H and O–H groups in total. The summed E-state index contributed by atoms with van der Waals surface area (Å²) in [6, 6.07) is 5.52. The van der Waals surface area contributed by atoms with Gasteiger partial charge in [0.15, 0.2) is 0 Å². The van der Waals surface area contributed by atoms with Crippen molar-refractivity contribution in [3.8, 4) is 0 Å². The van der Waals surface area contributed by atoms with E-state index in [9.17, 15) is 10.1 Å². The first-order valence-electron chi connectivity index (χ1n) is 6.26. The maximum atomic E-state index is 11.0. The highest BCUT2D eigenvalue weighted by atomic mass is 79.9. The fourth-order valence-corrected chi connectivity index (χ4v) is 2.91. The third kappa shape index (κ3) is 3.22. The largest absolute Gasteiger partial charge is 0.377 e. The number of benzene rings is 1. The summed E-state index contributed by atoms with van der Waals surface area (Å²) < 4.78 is 0.733. The Balaban J connectivity index is 2.15. The number of rotatable bonds is 3. The van der Waals surface area contributed by atoms with Crippen molar-refractivity contribution in [2.24, 2.45) is 5.92 Å². The average Bonchev–Trinajstić information content (AvgIpc) is 2.31. The van der Waals surface area contributed by atoms with Gasteiger partial charge in [-0.3, -0.25) is 10.1 Å². The summed E-state index contributed by atoms with van der Waals surface area (Å²) in [5, 5.41) is 14.4. The molecule has 5 heteroatoms. The van der Waals surface area contributed by atoms with Crippen molar-refractivity contribution in [2.75, 3.05) is 5.32 Å². The molecule has 0 aliphatic heterocycles. The molecular formula is C13H17BrN2O2. The molecule has 0 amide bonds. The van der Waals surface area contributed by atoms with Crippen LogP contribution in [-0.4, -0.2) is 11.0 Å². The molecule has 0 saturated heterocycles. The van der Waals surface area contributed by atoms with Gasteiger partial charge in [0.05, 0.1) is 4.92 Å². The Morgan fingerprint density at radius 1 is 1.44 bits per heavy atom. The highest BCUT2D eigenvalue weighted by molar-refractivity contribution is 9.10. The molecule has 0 aromatic heterocycles. The highest BCUT2D eigenvalue weighted by Gasteiger charge is 2.22. The van der Waals surface area contributed by atoms with E-state index in [1.54, 1.807) is 12.1 Å². The molecular weight excluding hydrogens is 296 g/mol. The molecule has 1 aliphatic rings. The molecule has 0 heterocycles. The standard InChI is InChI=1S/C13H17BrN2O2/c1-9-3-2-4-11(7-9)15-12-6-5-10(14)8-13(12)16(17)18/h5-6,8-9,11,15H,2-4,7H2,1H3/t9-,11-/m1/s1. The summed E-state index contributed by atoms with van der Waals surface area (Å²) >= 11 is 3.27. The molecule has 1 aliphatic carbocycles.